The molecule has 3 heteroatoms. The average molecular weight is 246 g/mol. The third-order valence-electron chi connectivity index (χ3n) is 3.88. The van der Waals surface area contributed by atoms with E-state index < -0.39 is 0 Å². The third kappa shape index (κ3) is 2.41. The van der Waals surface area contributed by atoms with Crippen LogP contribution in [-0.4, -0.2) is 22.2 Å². The zero-order valence-corrected chi connectivity index (χ0v) is 11.2. The maximum Gasteiger partial charge on any atom is 0.136 e. The first-order valence-electron chi connectivity index (χ1n) is 6.71. The molecule has 0 radical (unpaired) electrons. The van der Waals surface area contributed by atoms with E-state index in [9.17, 15) is 5.11 Å². The van der Waals surface area contributed by atoms with E-state index in [0.29, 0.717) is 12.0 Å². The Morgan fingerprint density at radius 3 is 2.89 bits per heavy atom. The molecule has 1 heterocycles. The Kier molecular flexibility index (Phi) is 4.02. The highest BCUT2D eigenvalue weighted by molar-refractivity contribution is 5.52. The fourth-order valence-corrected chi connectivity index (χ4v) is 2.42. The van der Waals surface area contributed by atoms with Crippen molar-refractivity contribution in [2.24, 2.45) is 0 Å². The molecule has 0 aromatic carbocycles. The predicted molar refractivity (Wildman–Crippen MR) is 74.6 cm³/mol. The highest BCUT2D eigenvalue weighted by Crippen LogP contribution is 2.34. The van der Waals surface area contributed by atoms with E-state index in [4.69, 9.17) is 0 Å². The van der Waals surface area contributed by atoms with Crippen molar-refractivity contribution in [2.75, 3.05) is 4.90 Å². The molecule has 1 fully saturated rings. The van der Waals surface area contributed by atoms with E-state index in [1.165, 1.54) is 5.56 Å². The van der Waals surface area contributed by atoms with E-state index in [2.05, 4.69) is 36.4 Å². The number of aliphatic hydroxyl groups is 1. The van der Waals surface area contributed by atoms with Gasteiger partial charge in [0, 0.05) is 12.2 Å². The number of nitrogens with zero attached hydrogens (tertiary/aromatic N) is 2. The van der Waals surface area contributed by atoms with Crippen LogP contribution in [0.1, 0.15) is 44.6 Å². The lowest BCUT2D eigenvalue weighted by molar-refractivity contribution is 0.0762. The molecule has 1 aromatic rings. The summed E-state index contributed by atoms with van der Waals surface area (Å²) in [7, 11) is 0. The minimum absolute atomic E-state index is 0.159. The van der Waals surface area contributed by atoms with Crippen LogP contribution in [0.5, 0.6) is 0 Å². The van der Waals surface area contributed by atoms with Gasteiger partial charge in [-0.1, -0.05) is 26.5 Å². The van der Waals surface area contributed by atoms with E-state index in [1.54, 1.807) is 0 Å². The van der Waals surface area contributed by atoms with E-state index in [1.807, 2.05) is 18.5 Å². The van der Waals surface area contributed by atoms with Crippen molar-refractivity contribution in [2.45, 2.75) is 51.2 Å². The summed E-state index contributed by atoms with van der Waals surface area (Å²) >= 11 is 0. The molecular weight excluding hydrogens is 224 g/mol. The third-order valence-corrected chi connectivity index (χ3v) is 3.88. The fraction of sp³-hybridized carbons (Fsp3) is 0.533. The summed E-state index contributed by atoms with van der Waals surface area (Å²) in [5.74, 6) is 1.49. The van der Waals surface area contributed by atoms with Crippen molar-refractivity contribution in [3.8, 4) is 0 Å². The van der Waals surface area contributed by atoms with E-state index >= 15 is 0 Å². The molecule has 1 atom stereocenters. The van der Waals surface area contributed by atoms with Crippen LogP contribution in [0.15, 0.2) is 31.1 Å². The quantitative estimate of drug-likeness (QED) is 0.867. The summed E-state index contributed by atoms with van der Waals surface area (Å²) in [6, 6.07) is 4.47. The summed E-state index contributed by atoms with van der Waals surface area (Å²) in [6.45, 7) is 8.30. The summed E-state index contributed by atoms with van der Waals surface area (Å²) in [5, 5.41) is 9.45. The molecule has 3 nitrogen and oxygen atoms in total. The van der Waals surface area contributed by atoms with Crippen LogP contribution >= 0.6 is 0 Å². The Hall–Kier alpha value is -1.35. The van der Waals surface area contributed by atoms with Crippen molar-refractivity contribution < 1.29 is 5.11 Å². The van der Waals surface area contributed by atoms with Crippen LogP contribution in [0.4, 0.5) is 5.82 Å². The SMILES string of the molecule is C=CN(c1ncccc1C(C)CC)C1CC(O)C1. The second kappa shape index (κ2) is 5.53. The van der Waals surface area contributed by atoms with Crippen LogP contribution in [0.2, 0.25) is 0 Å². The number of pyridine rings is 1. The number of aromatic nitrogens is 1. The van der Waals surface area contributed by atoms with Crippen molar-refractivity contribution >= 4 is 5.82 Å². The summed E-state index contributed by atoms with van der Waals surface area (Å²) in [6.07, 6.45) is 6.22. The summed E-state index contributed by atoms with van der Waals surface area (Å²) in [5.41, 5.74) is 1.27. The van der Waals surface area contributed by atoms with Gasteiger partial charge in [0.1, 0.15) is 5.82 Å². The molecule has 2 rings (SSSR count). The minimum atomic E-state index is -0.159. The lowest BCUT2D eigenvalue weighted by Gasteiger charge is -2.40. The van der Waals surface area contributed by atoms with E-state index in [0.717, 1.165) is 25.1 Å². The average Bonchev–Trinajstić information content (AvgIpc) is 2.37. The van der Waals surface area contributed by atoms with Gasteiger partial charge in [0.15, 0.2) is 0 Å². The number of hydrogen-bond acceptors (Lipinski definition) is 3. The molecular formula is C15H22N2O. The first-order chi connectivity index (χ1) is 8.67. The molecule has 1 aliphatic rings. The van der Waals surface area contributed by atoms with Gasteiger partial charge in [0.25, 0.3) is 0 Å². The van der Waals surface area contributed by atoms with Gasteiger partial charge in [-0.3, -0.25) is 0 Å². The molecule has 1 aliphatic carbocycles. The molecule has 0 aliphatic heterocycles. The number of anilines is 1. The summed E-state index contributed by atoms with van der Waals surface area (Å²) < 4.78 is 0. The predicted octanol–water partition coefficient (Wildman–Crippen LogP) is 3.07. The molecule has 1 saturated carbocycles. The van der Waals surface area contributed by atoms with Crippen LogP contribution in [-0.2, 0) is 0 Å². The van der Waals surface area contributed by atoms with Gasteiger partial charge in [-0.2, -0.15) is 0 Å². The van der Waals surface area contributed by atoms with Gasteiger partial charge in [-0.25, -0.2) is 4.98 Å². The fourth-order valence-electron chi connectivity index (χ4n) is 2.42. The molecule has 18 heavy (non-hydrogen) atoms. The lowest BCUT2D eigenvalue weighted by atomic mass is 9.87. The van der Waals surface area contributed by atoms with Crippen molar-refractivity contribution in [3.05, 3.63) is 36.7 Å². The summed E-state index contributed by atoms with van der Waals surface area (Å²) in [4.78, 5) is 6.64. The van der Waals surface area contributed by atoms with Crippen LogP contribution < -0.4 is 4.90 Å². The van der Waals surface area contributed by atoms with Crippen molar-refractivity contribution in [1.29, 1.82) is 0 Å². The standard InChI is InChI=1S/C15H22N2O/c1-4-11(3)14-7-6-8-16-15(14)17(5-2)12-9-13(18)10-12/h5-8,11-13,18H,2,4,9-10H2,1,3H3. The first-order valence-corrected chi connectivity index (χ1v) is 6.71. The molecule has 0 saturated heterocycles. The number of hydrogen-bond donors (Lipinski definition) is 1. The van der Waals surface area contributed by atoms with Crippen LogP contribution in [0.25, 0.3) is 0 Å². The smallest absolute Gasteiger partial charge is 0.136 e. The second-order valence-corrected chi connectivity index (χ2v) is 5.09. The molecule has 1 N–H and O–H groups in total. The largest absolute Gasteiger partial charge is 0.393 e. The Bertz CT molecular complexity index is 413. The molecule has 0 bridgehead atoms. The Morgan fingerprint density at radius 1 is 1.61 bits per heavy atom. The van der Waals surface area contributed by atoms with E-state index in [-0.39, 0.29) is 6.10 Å². The highest BCUT2D eigenvalue weighted by atomic mass is 16.3. The van der Waals surface area contributed by atoms with Gasteiger partial charge >= 0.3 is 0 Å². The van der Waals surface area contributed by atoms with Gasteiger partial charge in [-0.15, -0.1) is 0 Å². The molecule has 0 amide bonds. The maximum atomic E-state index is 9.45. The zero-order chi connectivity index (χ0) is 13.1. The first kappa shape index (κ1) is 13.1. The van der Waals surface area contributed by atoms with Gasteiger partial charge in [0.2, 0.25) is 0 Å². The number of rotatable bonds is 5. The van der Waals surface area contributed by atoms with Gasteiger partial charge < -0.3 is 10.0 Å². The monoisotopic (exact) mass is 246 g/mol. The number of aliphatic hydroxyl groups excluding tert-OH is 1. The molecule has 0 spiro atoms. The van der Waals surface area contributed by atoms with Gasteiger partial charge in [-0.05, 0) is 43.0 Å². The van der Waals surface area contributed by atoms with Crippen LogP contribution in [0.3, 0.4) is 0 Å². The maximum absolute atomic E-state index is 9.45. The minimum Gasteiger partial charge on any atom is -0.393 e. The molecule has 1 unspecified atom stereocenters. The van der Waals surface area contributed by atoms with Crippen LogP contribution in [0, 0.1) is 0 Å². The molecule has 1 aromatic heterocycles. The topological polar surface area (TPSA) is 36.4 Å². The Balaban J connectivity index is 2.27. The highest BCUT2D eigenvalue weighted by Gasteiger charge is 2.33. The Labute approximate surface area is 109 Å². The second-order valence-electron chi connectivity index (χ2n) is 5.09. The van der Waals surface area contributed by atoms with Crippen molar-refractivity contribution in [3.63, 3.8) is 0 Å². The van der Waals surface area contributed by atoms with Gasteiger partial charge in [0.05, 0.1) is 6.10 Å². The normalized spacial score (nSPS) is 24.2. The lowest BCUT2D eigenvalue weighted by Crippen LogP contribution is -2.45. The Morgan fingerprint density at radius 2 is 2.33 bits per heavy atom. The zero-order valence-electron chi connectivity index (χ0n) is 11.2. The molecule has 98 valence electrons. The van der Waals surface area contributed by atoms with Crippen molar-refractivity contribution in [1.82, 2.24) is 4.98 Å².